The molecule has 0 spiro atoms. The van der Waals surface area contributed by atoms with E-state index in [0.717, 1.165) is 10.0 Å². The van der Waals surface area contributed by atoms with Crippen LogP contribution in [0, 0.1) is 0 Å². The quantitative estimate of drug-likeness (QED) is 0.445. The van der Waals surface area contributed by atoms with Gasteiger partial charge in [0.1, 0.15) is 5.75 Å². The Bertz CT molecular complexity index is 849. The lowest BCUT2D eigenvalue weighted by Crippen LogP contribution is -2.01. The summed E-state index contributed by atoms with van der Waals surface area (Å²) in [5, 5.41) is 8.35. The van der Waals surface area contributed by atoms with Crippen molar-refractivity contribution in [1.82, 2.24) is 10.2 Å². The number of rotatable bonds is 6. The minimum Gasteiger partial charge on any atom is -0.497 e. The number of ketones is 1. The summed E-state index contributed by atoms with van der Waals surface area (Å²) in [6.07, 6.45) is 0. The Hall–Kier alpha value is -2.12. The Morgan fingerprint density at radius 1 is 1.21 bits per heavy atom. The lowest BCUT2D eigenvalue weighted by molar-refractivity contribution is 0.102. The topological polar surface area (TPSA) is 65.2 Å². The first kappa shape index (κ1) is 16.7. The van der Waals surface area contributed by atoms with Crippen LogP contribution >= 0.6 is 27.7 Å². The van der Waals surface area contributed by atoms with Crippen LogP contribution in [0.5, 0.6) is 5.75 Å². The molecule has 3 rings (SSSR count). The Morgan fingerprint density at radius 2 is 2.00 bits per heavy atom. The lowest BCUT2D eigenvalue weighted by atomic mass is 10.2. The third kappa shape index (κ3) is 4.04. The van der Waals surface area contributed by atoms with E-state index in [1.165, 1.54) is 11.8 Å². The zero-order valence-electron chi connectivity index (χ0n) is 12.7. The molecule has 1 heterocycles. The number of methoxy groups -OCH3 is 1. The molecule has 0 radical (unpaired) electrons. The van der Waals surface area contributed by atoms with Gasteiger partial charge in [0.15, 0.2) is 5.78 Å². The average Bonchev–Trinajstić information content (AvgIpc) is 3.09. The highest BCUT2D eigenvalue weighted by molar-refractivity contribution is 9.10. The van der Waals surface area contributed by atoms with Crippen LogP contribution < -0.4 is 4.74 Å². The summed E-state index contributed by atoms with van der Waals surface area (Å²) < 4.78 is 11.7. The second-order valence-electron chi connectivity index (χ2n) is 4.82. The SMILES string of the molecule is COc1cccc(-c2nnc(SCC(=O)c3ccc(Br)cc3)o2)c1. The van der Waals surface area contributed by atoms with Gasteiger partial charge in [0.25, 0.3) is 5.22 Å². The maximum atomic E-state index is 12.1. The molecule has 0 saturated carbocycles. The lowest BCUT2D eigenvalue weighted by Gasteiger charge is -2.00. The molecule has 0 aliphatic heterocycles. The Labute approximate surface area is 151 Å². The number of aromatic nitrogens is 2. The van der Waals surface area contributed by atoms with Gasteiger partial charge in [0.2, 0.25) is 5.89 Å². The van der Waals surface area contributed by atoms with Crippen molar-refractivity contribution in [2.45, 2.75) is 5.22 Å². The molecule has 0 unspecified atom stereocenters. The van der Waals surface area contributed by atoms with Crippen LogP contribution in [0.3, 0.4) is 0 Å². The van der Waals surface area contributed by atoms with Crippen molar-refractivity contribution in [3.05, 3.63) is 58.6 Å². The van der Waals surface area contributed by atoms with Crippen molar-refractivity contribution in [3.63, 3.8) is 0 Å². The summed E-state index contributed by atoms with van der Waals surface area (Å²) in [5.74, 6) is 1.35. The molecule has 0 N–H and O–H groups in total. The second-order valence-corrected chi connectivity index (χ2v) is 6.67. The van der Waals surface area contributed by atoms with Crippen LogP contribution in [0.15, 0.2) is 62.6 Å². The molecule has 7 heteroatoms. The van der Waals surface area contributed by atoms with Gasteiger partial charge < -0.3 is 9.15 Å². The van der Waals surface area contributed by atoms with E-state index in [2.05, 4.69) is 26.1 Å². The van der Waals surface area contributed by atoms with E-state index in [1.807, 2.05) is 36.4 Å². The standard InChI is InChI=1S/C17H13BrN2O3S/c1-22-14-4-2-3-12(9-14)16-19-20-17(23-16)24-10-15(21)11-5-7-13(18)8-6-11/h2-9H,10H2,1H3. The number of ether oxygens (including phenoxy) is 1. The number of benzene rings is 2. The molecule has 0 atom stereocenters. The summed E-state index contributed by atoms with van der Waals surface area (Å²) in [5.41, 5.74) is 1.42. The molecule has 1 aromatic heterocycles. The largest absolute Gasteiger partial charge is 0.497 e. The van der Waals surface area contributed by atoms with E-state index in [4.69, 9.17) is 9.15 Å². The smallest absolute Gasteiger partial charge is 0.277 e. The van der Waals surface area contributed by atoms with Gasteiger partial charge >= 0.3 is 0 Å². The molecule has 0 amide bonds. The molecule has 0 saturated heterocycles. The van der Waals surface area contributed by atoms with Crippen LogP contribution in [0.2, 0.25) is 0 Å². The van der Waals surface area contributed by atoms with Crippen LogP contribution in [-0.2, 0) is 0 Å². The average molecular weight is 405 g/mol. The van der Waals surface area contributed by atoms with Gasteiger partial charge in [-0.1, -0.05) is 45.9 Å². The Morgan fingerprint density at radius 3 is 2.75 bits per heavy atom. The summed E-state index contributed by atoms with van der Waals surface area (Å²) in [4.78, 5) is 12.1. The first-order valence-corrected chi connectivity index (χ1v) is 8.83. The van der Waals surface area contributed by atoms with Crippen molar-refractivity contribution >= 4 is 33.5 Å². The number of hydrogen-bond acceptors (Lipinski definition) is 6. The number of halogens is 1. The molecule has 5 nitrogen and oxygen atoms in total. The van der Waals surface area contributed by atoms with Gasteiger partial charge in [0.05, 0.1) is 12.9 Å². The molecule has 0 aliphatic rings. The van der Waals surface area contributed by atoms with Gasteiger partial charge in [-0.2, -0.15) is 0 Å². The summed E-state index contributed by atoms with van der Waals surface area (Å²) in [6, 6.07) is 14.6. The number of Topliss-reactive ketones (excluding diaryl/α,β-unsaturated/α-hetero) is 1. The van der Waals surface area contributed by atoms with Crippen molar-refractivity contribution < 1.29 is 13.9 Å². The number of carbonyl (C=O) groups excluding carboxylic acids is 1. The zero-order valence-corrected chi connectivity index (χ0v) is 15.1. The number of carbonyl (C=O) groups is 1. The molecule has 0 bridgehead atoms. The van der Waals surface area contributed by atoms with E-state index in [-0.39, 0.29) is 11.5 Å². The highest BCUT2D eigenvalue weighted by Gasteiger charge is 2.13. The van der Waals surface area contributed by atoms with E-state index in [0.29, 0.717) is 22.4 Å². The van der Waals surface area contributed by atoms with E-state index in [9.17, 15) is 4.79 Å². The first-order valence-electron chi connectivity index (χ1n) is 7.05. The molecule has 0 aliphatic carbocycles. The fourth-order valence-corrected chi connectivity index (χ4v) is 2.91. The third-order valence-electron chi connectivity index (χ3n) is 3.22. The van der Waals surface area contributed by atoms with E-state index >= 15 is 0 Å². The Balaban J connectivity index is 1.65. The number of thioether (sulfide) groups is 1. The van der Waals surface area contributed by atoms with Crippen molar-refractivity contribution in [3.8, 4) is 17.2 Å². The maximum Gasteiger partial charge on any atom is 0.277 e. The molecule has 3 aromatic rings. The first-order chi connectivity index (χ1) is 11.7. The van der Waals surface area contributed by atoms with Crippen LogP contribution in [-0.4, -0.2) is 28.8 Å². The molecular weight excluding hydrogens is 392 g/mol. The third-order valence-corrected chi connectivity index (χ3v) is 4.56. The predicted octanol–water partition coefficient (Wildman–Crippen LogP) is 4.48. The zero-order chi connectivity index (χ0) is 16.9. The van der Waals surface area contributed by atoms with Crippen molar-refractivity contribution in [1.29, 1.82) is 0 Å². The molecule has 0 fully saturated rings. The van der Waals surface area contributed by atoms with Gasteiger partial charge in [-0.25, -0.2) is 0 Å². The maximum absolute atomic E-state index is 12.1. The van der Waals surface area contributed by atoms with Gasteiger partial charge in [0, 0.05) is 15.6 Å². The number of nitrogens with zero attached hydrogens (tertiary/aromatic N) is 2. The van der Waals surface area contributed by atoms with Crippen molar-refractivity contribution in [2.75, 3.05) is 12.9 Å². The van der Waals surface area contributed by atoms with Crippen LogP contribution in [0.1, 0.15) is 10.4 Å². The Kier molecular flexibility index (Phi) is 5.32. The van der Waals surface area contributed by atoms with Crippen LogP contribution in [0.4, 0.5) is 0 Å². The second kappa shape index (κ2) is 7.63. The highest BCUT2D eigenvalue weighted by atomic mass is 79.9. The predicted molar refractivity (Wildman–Crippen MR) is 95.5 cm³/mol. The molecule has 2 aromatic carbocycles. The summed E-state index contributed by atoms with van der Waals surface area (Å²) in [6.45, 7) is 0. The summed E-state index contributed by atoms with van der Waals surface area (Å²) >= 11 is 4.57. The fraction of sp³-hybridized carbons (Fsp3) is 0.118. The van der Waals surface area contributed by atoms with Gasteiger partial charge in [-0.05, 0) is 30.3 Å². The van der Waals surface area contributed by atoms with Crippen LogP contribution in [0.25, 0.3) is 11.5 Å². The van der Waals surface area contributed by atoms with E-state index < -0.39 is 0 Å². The van der Waals surface area contributed by atoms with Gasteiger partial charge in [-0.15, -0.1) is 10.2 Å². The monoisotopic (exact) mass is 404 g/mol. The molecule has 24 heavy (non-hydrogen) atoms. The normalized spacial score (nSPS) is 10.6. The molecule has 122 valence electrons. The summed E-state index contributed by atoms with van der Waals surface area (Å²) in [7, 11) is 1.60. The highest BCUT2D eigenvalue weighted by Crippen LogP contribution is 2.26. The molecular formula is C17H13BrN2O3S. The van der Waals surface area contributed by atoms with Crippen molar-refractivity contribution in [2.24, 2.45) is 0 Å². The fourth-order valence-electron chi connectivity index (χ4n) is 1.99. The minimum atomic E-state index is 0.00799. The van der Waals surface area contributed by atoms with E-state index in [1.54, 1.807) is 19.2 Å². The minimum absolute atomic E-state index is 0.00799. The number of hydrogen-bond donors (Lipinski definition) is 0. The van der Waals surface area contributed by atoms with Gasteiger partial charge in [-0.3, -0.25) is 4.79 Å².